The van der Waals surface area contributed by atoms with Crippen molar-refractivity contribution >= 4 is 65.0 Å². The van der Waals surface area contributed by atoms with Gasteiger partial charge in [0.2, 0.25) is 0 Å². The summed E-state index contributed by atoms with van der Waals surface area (Å²) in [5, 5.41) is 4.87. The third kappa shape index (κ3) is 2.04. The Hall–Kier alpha value is -1.37. The summed E-state index contributed by atoms with van der Waals surface area (Å²) in [6.45, 7) is 0.796. The van der Waals surface area contributed by atoms with Crippen LogP contribution in [0.4, 0.5) is 0 Å². The number of aliphatic imine (C=N–C) groups is 1. The predicted octanol–water partition coefficient (Wildman–Crippen LogP) is 3.95. The van der Waals surface area contributed by atoms with Crippen molar-refractivity contribution in [1.82, 2.24) is 5.32 Å². The van der Waals surface area contributed by atoms with Crippen molar-refractivity contribution in [2.45, 2.75) is 0 Å². The summed E-state index contributed by atoms with van der Waals surface area (Å²) in [5.41, 5.74) is 0. The second-order valence-electron chi connectivity index (χ2n) is 4.39. The number of nitrogens with zero attached hydrogens (tertiary/aromatic N) is 1. The van der Waals surface area contributed by atoms with Crippen LogP contribution in [0, 0.1) is 0 Å². The topological polar surface area (TPSA) is 41.5 Å². The maximum atomic E-state index is 12.2. The zero-order chi connectivity index (χ0) is 13.5. The maximum absolute atomic E-state index is 12.2. The summed E-state index contributed by atoms with van der Waals surface area (Å²) >= 11 is 4.90. The van der Waals surface area contributed by atoms with Gasteiger partial charge in [0.05, 0.1) is 16.1 Å². The van der Waals surface area contributed by atoms with Crippen LogP contribution in [0.5, 0.6) is 0 Å². The number of nitrogens with one attached hydrogen (secondary N) is 1. The molecule has 0 fully saturated rings. The van der Waals surface area contributed by atoms with Gasteiger partial charge in [-0.3, -0.25) is 9.79 Å². The van der Waals surface area contributed by atoms with Gasteiger partial charge in [0.25, 0.3) is 5.91 Å². The zero-order valence-electron chi connectivity index (χ0n) is 10.4. The number of hydrogen-bond donors (Lipinski definition) is 1. The third-order valence-corrected chi connectivity index (χ3v) is 6.38. The van der Waals surface area contributed by atoms with Crippen molar-refractivity contribution in [3.8, 4) is 0 Å². The highest BCUT2D eigenvalue weighted by Crippen LogP contribution is 2.39. The molecule has 0 saturated heterocycles. The molecule has 0 atom stereocenters. The molecule has 100 valence electrons. The first-order valence-corrected chi connectivity index (χ1v) is 8.83. The van der Waals surface area contributed by atoms with Crippen LogP contribution in [-0.2, 0) is 0 Å². The molecule has 1 aromatic carbocycles. The Balaban J connectivity index is 1.71. The van der Waals surface area contributed by atoms with Crippen LogP contribution in [0.2, 0.25) is 0 Å². The zero-order valence-corrected chi connectivity index (χ0v) is 12.8. The number of amides is 1. The lowest BCUT2D eigenvalue weighted by Gasteiger charge is -2.00. The largest absolute Gasteiger partial charge is 0.301 e. The molecule has 0 aliphatic carbocycles. The molecule has 3 aromatic rings. The summed E-state index contributed by atoms with van der Waals surface area (Å²) in [6.07, 6.45) is 0. The van der Waals surface area contributed by atoms with Gasteiger partial charge >= 0.3 is 0 Å². The number of amidine groups is 1. The van der Waals surface area contributed by atoms with E-state index in [1.807, 2.05) is 18.2 Å². The van der Waals surface area contributed by atoms with Crippen LogP contribution in [0.3, 0.4) is 0 Å². The van der Waals surface area contributed by atoms with Crippen molar-refractivity contribution < 1.29 is 4.79 Å². The fourth-order valence-electron chi connectivity index (χ4n) is 2.18. The summed E-state index contributed by atoms with van der Waals surface area (Å²) in [5.74, 6) is 0.912. The molecule has 0 spiro atoms. The first-order valence-electron chi connectivity index (χ1n) is 6.21. The summed E-state index contributed by atoms with van der Waals surface area (Å²) in [7, 11) is 0. The molecule has 1 aliphatic rings. The number of fused-ring (bicyclic) bond motifs is 3. The standard InChI is InChI=1S/C14H10N2OS3/c17-13(16-14-15-5-6-18-14)11-7-10-12(20-11)8-3-1-2-4-9(8)19-10/h1-4,7H,5-6H2,(H,15,16,17). The first-order chi connectivity index (χ1) is 9.81. The monoisotopic (exact) mass is 318 g/mol. The van der Waals surface area contributed by atoms with E-state index in [4.69, 9.17) is 0 Å². The van der Waals surface area contributed by atoms with Gasteiger partial charge in [-0.15, -0.1) is 22.7 Å². The van der Waals surface area contributed by atoms with E-state index in [0.717, 1.165) is 22.3 Å². The number of carbonyl (C=O) groups excluding carboxylic acids is 1. The Morgan fingerprint density at radius 1 is 1.20 bits per heavy atom. The lowest BCUT2D eigenvalue weighted by molar-refractivity contribution is 0.0982. The first kappa shape index (κ1) is 12.4. The van der Waals surface area contributed by atoms with Crippen LogP contribution in [0.25, 0.3) is 19.5 Å². The number of thiophene rings is 2. The molecule has 3 nitrogen and oxygen atoms in total. The van der Waals surface area contributed by atoms with Gasteiger partial charge < -0.3 is 5.32 Å². The van der Waals surface area contributed by atoms with Crippen molar-refractivity contribution in [2.75, 3.05) is 12.3 Å². The SMILES string of the molecule is O=C(NC1=NCCS1)c1cc2sc3ccccc3c2s1. The molecule has 1 amide bonds. The van der Waals surface area contributed by atoms with E-state index in [1.165, 1.54) is 19.5 Å². The normalized spacial score (nSPS) is 14.9. The Bertz CT molecular complexity index is 846. The quantitative estimate of drug-likeness (QED) is 0.738. The lowest BCUT2D eigenvalue weighted by atomic mass is 10.2. The van der Waals surface area contributed by atoms with Gasteiger partial charge in [-0.05, 0) is 12.1 Å². The highest BCUT2D eigenvalue weighted by Gasteiger charge is 2.17. The molecule has 0 radical (unpaired) electrons. The van der Waals surface area contributed by atoms with E-state index >= 15 is 0 Å². The number of hydrogen-bond acceptors (Lipinski definition) is 5. The number of carbonyl (C=O) groups is 1. The second kappa shape index (κ2) is 4.87. The molecule has 0 saturated carbocycles. The van der Waals surface area contributed by atoms with Crippen LogP contribution < -0.4 is 5.32 Å². The fourth-order valence-corrected chi connectivity index (χ4v) is 5.32. The highest BCUT2D eigenvalue weighted by atomic mass is 32.2. The summed E-state index contributed by atoms with van der Waals surface area (Å²) in [4.78, 5) is 17.2. The average Bonchev–Trinajstić information content (AvgIpc) is 3.12. The Kier molecular flexibility index (Phi) is 3.02. The summed E-state index contributed by atoms with van der Waals surface area (Å²) in [6, 6.07) is 10.3. The van der Waals surface area contributed by atoms with Gasteiger partial charge in [-0.25, -0.2) is 0 Å². The van der Waals surface area contributed by atoms with E-state index in [1.54, 1.807) is 34.4 Å². The van der Waals surface area contributed by atoms with Crippen molar-refractivity contribution in [1.29, 1.82) is 0 Å². The molecule has 2 aromatic heterocycles. The predicted molar refractivity (Wildman–Crippen MR) is 89.4 cm³/mol. The molecule has 20 heavy (non-hydrogen) atoms. The number of rotatable bonds is 1. The van der Waals surface area contributed by atoms with Gasteiger partial charge in [-0.1, -0.05) is 30.0 Å². The van der Waals surface area contributed by atoms with Crippen LogP contribution in [-0.4, -0.2) is 23.4 Å². The van der Waals surface area contributed by atoms with Gasteiger partial charge in [0, 0.05) is 20.5 Å². The molecular weight excluding hydrogens is 308 g/mol. The number of benzene rings is 1. The van der Waals surface area contributed by atoms with Crippen LogP contribution in [0.1, 0.15) is 9.67 Å². The van der Waals surface area contributed by atoms with Crippen LogP contribution >= 0.6 is 34.4 Å². The maximum Gasteiger partial charge on any atom is 0.267 e. The minimum absolute atomic E-state index is 0.0457. The molecule has 6 heteroatoms. The van der Waals surface area contributed by atoms with Gasteiger partial charge in [-0.2, -0.15) is 0 Å². The summed E-state index contributed by atoms with van der Waals surface area (Å²) < 4.78 is 3.66. The molecule has 0 bridgehead atoms. The Morgan fingerprint density at radius 3 is 2.95 bits per heavy atom. The minimum Gasteiger partial charge on any atom is -0.301 e. The molecule has 4 rings (SSSR count). The van der Waals surface area contributed by atoms with Crippen molar-refractivity contribution in [2.24, 2.45) is 4.99 Å². The van der Waals surface area contributed by atoms with E-state index in [9.17, 15) is 4.79 Å². The highest BCUT2D eigenvalue weighted by molar-refractivity contribution is 8.14. The van der Waals surface area contributed by atoms with Gasteiger partial charge in [0.15, 0.2) is 5.17 Å². The van der Waals surface area contributed by atoms with E-state index in [2.05, 4.69) is 22.4 Å². The smallest absolute Gasteiger partial charge is 0.267 e. The molecule has 1 N–H and O–H groups in total. The Morgan fingerprint density at radius 2 is 2.10 bits per heavy atom. The molecule has 3 heterocycles. The van der Waals surface area contributed by atoms with E-state index in [0.29, 0.717) is 0 Å². The minimum atomic E-state index is -0.0457. The molecular formula is C14H10N2OS3. The van der Waals surface area contributed by atoms with Gasteiger partial charge in [0.1, 0.15) is 0 Å². The van der Waals surface area contributed by atoms with E-state index < -0.39 is 0 Å². The Labute approximate surface area is 127 Å². The van der Waals surface area contributed by atoms with Crippen molar-refractivity contribution in [3.63, 3.8) is 0 Å². The lowest BCUT2D eigenvalue weighted by Crippen LogP contribution is -2.26. The molecule has 0 unspecified atom stereocenters. The van der Waals surface area contributed by atoms with Crippen molar-refractivity contribution in [3.05, 3.63) is 35.2 Å². The van der Waals surface area contributed by atoms with E-state index in [-0.39, 0.29) is 5.91 Å². The number of thioether (sulfide) groups is 1. The average molecular weight is 318 g/mol. The molecule has 1 aliphatic heterocycles. The third-order valence-electron chi connectivity index (χ3n) is 3.08. The second-order valence-corrected chi connectivity index (χ2v) is 7.61. The fraction of sp³-hybridized carbons (Fsp3) is 0.143. The van der Waals surface area contributed by atoms with Crippen LogP contribution in [0.15, 0.2) is 35.3 Å².